The fourth-order valence-electron chi connectivity index (χ4n) is 2.11. The van der Waals surface area contributed by atoms with Crippen LogP contribution < -0.4 is 4.90 Å². The van der Waals surface area contributed by atoms with Gasteiger partial charge < -0.3 is 9.47 Å². The summed E-state index contributed by atoms with van der Waals surface area (Å²) in [7, 11) is 0. The summed E-state index contributed by atoms with van der Waals surface area (Å²) in [5, 5.41) is 9.08. The van der Waals surface area contributed by atoms with Crippen molar-refractivity contribution in [3.63, 3.8) is 0 Å². The van der Waals surface area contributed by atoms with Crippen LogP contribution in [0.5, 0.6) is 0 Å². The van der Waals surface area contributed by atoms with Crippen LogP contribution in [0.1, 0.15) is 11.4 Å². The van der Waals surface area contributed by atoms with Gasteiger partial charge in [0.25, 0.3) is 0 Å². The van der Waals surface area contributed by atoms with E-state index < -0.39 is 0 Å². The van der Waals surface area contributed by atoms with Crippen molar-refractivity contribution in [1.82, 2.24) is 14.5 Å². The second-order valence-corrected chi connectivity index (χ2v) is 3.96. The highest BCUT2D eigenvalue weighted by Gasteiger charge is 2.18. The number of nitriles is 1. The van der Waals surface area contributed by atoms with Crippen molar-refractivity contribution in [3.8, 4) is 6.07 Å². The van der Waals surface area contributed by atoms with E-state index in [0.717, 1.165) is 31.1 Å². The lowest BCUT2D eigenvalue weighted by molar-refractivity contribution is 0.559. The zero-order valence-corrected chi connectivity index (χ0v) is 9.24. The minimum atomic E-state index is 0.667. The summed E-state index contributed by atoms with van der Waals surface area (Å²) in [4.78, 5) is 10.5. The molecule has 3 heterocycles. The van der Waals surface area contributed by atoms with Crippen LogP contribution in [0.25, 0.3) is 0 Å². The molecular weight excluding hydrogens is 214 g/mol. The molecule has 0 bridgehead atoms. The van der Waals surface area contributed by atoms with Crippen LogP contribution in [0.4, 0.5) is 5.69 Å². The zero-order chi connectivity index (χ0) is 11.7. The van der Waals surface area contributed by atoms with Crippen LogP contribution in [-0.2, 0) is 13.1 Å². The van der Waals surface area contributed by atoms with Gasteiger partial charge in [-0.2, -0.15) is 5.26 Å². The van der Waals surface area contributed by atoms with Gasteiger partial charge in [0, 0.05) is 31.7 Å². The summed E-state index contributed by atoms with van der Waals surface area (Å²) < 4.78 is 2.14. The fraction of sp³-hybridized carbons (Fsp3) is 0.250. The second kappa shape index (κ2) is 3.91. The normalized spacial score (nSPS) is 14.2. The lowest BCUT2D eigenvalue weighted by Crippen LogP contribution is -2.34. The van der Waals surface area contributed by atoms with Crippen LogP contribution in [-0.4, -0.2) is 21.1 Å². The molecule has 0 aromatic carbocycles. The van der Waals surface area contributed by atoms with Gasteiger partial charge in [0.05, 0.1) is 24.0 Å². The van der Waals surface area contributed by atoms with Crippen LogP contribution in [0, 0.1) is 11.3 Å². The number of hydrogen-bond acceptors (Lipinski definition) is 4. The van der Waals surface area contributed by atoms with E-state index in [2.05, 4.69) is 25.5 Å². The summed E-state index contributed by atoms with van der Waals surface area (Å²) in [6.07, 6.45) is 7.19. The molecule has 0 spiro atoms. The Morgan fingerprint density at radius 3 is 3.12 bits per heavy atom. The molecule has 5 nitrogen and oxygen atoms in total. The van der Waals surface area contributed by atoms with Gasteiger partial charge in [-0.05, 0) is 6.07 Å². The predicted octanol–water partition coefficient (Wildman–Crippen LogP) is 1.17. The molecule has 3 rings (SSSR count). The Morgan fingerprint density at radius 1 is 1.29 bits per heavy atom. The van der Waals surface area contributed by atoms with E-state index in [4.69, 9.17) is 5.26 Å². The van der Waals surface area contributed by atoms with Gasteiger partial charge in [-0.1, -0.05) is 0 Å². The van der Waals surface area contributed by atoms with Gasteiger partial charge in [-0.15, -0.1) is 0 Å². The molecule has 1 aliphatic heterocycles. The van der Waals surface area contributed by atoms with E-state index >= 15 is 0 Å². The van der Waals surface area contributed by atoms with Crippen molar-refractivity contribution in [2.24, 2.45) is 0 Å². The van der Waals surface area contributed by atoms with Crippen LogP contribution in [0.15, 0.2) is 30.9 Å². The number of aromatic nitrogens is 3. The Bertz CT molecular complexity index is 581. The molecular formula is C12H11N5. The number of nitrogens with zero attached hydrogens (tertiary/aromatic N) is 5. The van der Waals surface area contributed by atoms with E-state index in [1.54, 1.807) is 18.5 Å². The van der Waals surface area contributed by atoms with Gasteiger partial charge in [0.15, 0.2) is 0 Å². The molecule has 0 N–H and O–H groups in total. The SMILES string of the molecule is N#Cc1ccncc1N1CCn2ccnc2C1. The minimum Gasteiger partial charge on any atom is -0.360 e. The van der Waals surface area contributed by atoms with Crippen LogP contribution in [0.3, 0.4) is 0 Å². The molecule has 0 saturated carbocycles. The van der Waals surface area contributed by atoms with Gasteiger partial charge in [-0.3, -0.25) is 4.98 Å². The molecule has 17 heavy (non-hydrogen) atoms. The largest absolute Gasteiger partial charge is 0.360 e. The van der Waals surface area contributed by atoms with E-state index in [0.29, 0.717) is 5.56 Å². The van der Waals surface area contributed by atoms with E-state index in [1.807, 2.05) is 12.4 Å². The minimum absolute atomic E-state index is 0.667. The molecule has 5 heteroatoms. The van der Waals surface area contributed by atoms with E-state index in [-0.39, 0.29) is 0 Å². The maximum Gasteiger partial charge on any atom is 0.128 e. The molecule has 2 aromatic heterocycles. The highest BCUT2D eigenvalue weighted by molar-refractivity contribution is 5.57. The number of imidazole rings is 1. The Morgan fingerprint density at radius 2 is 2.24 bits per heavy atom. The van der Waals surface area contributed by atoms with E-state index in [1.165, 1.54) is 0 Å². The summed E-state index contributed by atoms with van der Waals surface area (Å²) in [5.41, 5.74) is 1.56. The first-order chi connectivity index (χ1) is 8.38. The van der Waals surface area contributed by atoms with Crippen LogP contribution >= 0.6 is 0 Å². The van der Waals surface area contributed by atoms with Crippen LogP contribution in [0.2, 0.25) is 0 Å². The quantitative estimate of drug-likeness (QED) is 0.731. The fourth-order valence-corrected chi connectivity index (χ4v) is 2.11. The first-order valence-electron chi connectivity index (χ1n) is 5.47. The summed E-state index contributed by atoms with van der Waals surface area (Å²) >= 11 is 0. The summed E-state index contributed by atoms with van der Waals surface area (Å²) in [6.45, 7) is 2.51. The van der Waals surface area contributed by atoms with Crippen molar-refractivity contribution in [1.29, 1.82) is 5.26 Å². The molecule has 0 amide bonds. The Labute approximate surface area is 99.0 Å². The van der Waals surface area contributed by atoms with Crippen molar-refractivity contribution in [2.75, 3.05) is 11.4 Å². The van der Waals surface area contributed by atoms with Gasteiger partial charge in [-0.25, -0.2) is 4.98 Å². The van der Waals surface area contributed by atoms with Crippen molar-refractivity contribution >= 4 is 5.69 Å². The van der Waals surface area contributed by atoms with Gasteiger partial charge >= 0.3 is 0 Å². The van der Waals surface area contributed by atoms with Gasteiger partial charge in [0.1, 0.15) is 11.9 Å². The number of fused-ring (bicyclic) bond motifs is 1. The molecule has 2 aromatic rings. The number of hydrogen-bond donors (Lipinski definition) is 0. The molecule has 1 aliphatic rings. The molecule has 0 unspecified atom stereocenters. The standard InChI is InChI=1S/C12H11N5/c13-7-10-1-2-14-8-11(10)17-6-5-16-4-3-15-12(16)9-17/h1-4,8H,5-6,9H2. The highest BCUT2D eigenvalue weighted by Crippen LogP contribution is 2.22. The van der Waals surface area contributed by atoms with Crippen molar-refractivity contribution < 1.29 is 0 Å². The van der Waals surface area contributed by atoms with Crippen molar-refractivity contribution in [3.05, 3.63) is 42.2 Å². The zero-order valence-electron chi connectivity index (χ0n) is 9.24. The molecule has 84 valence electrons. The first-order valence-corrected chi connectivity index (χ1v) is 5.47. The number of anilines is 1. The average molecular weight is 225 g/mol. The van der Waals surface area contributed by atoms with Gasteiger partial charge in [0.2, 0.25) is 0 Å². The lowest BCUT2D eigenvalue weighted by Gasteiger charge is -2.29. The van der Waals surface area contributed by atoms with E-state index in [9.17, 15) is 0 Å². The maximum absolute atomic E-state index is 9.08. The third-order valence-electron chi connectivity index (χ3n) is 3.01. The topological polar surface area (TPSA) is 57.7 Å². The predicted molar refractivity (Wildman–Crippen MR) is 62.2 cm³/mol. The highest BCUT2D eigenvalue weighted by atomic mass is 15.2. The lowest BCUT2D eigenvalue weighted by atomic mass is 10.2. The Hall–Kier alpha value is -2.35. The molecule has 0 saturated heterocycles. The number of pyridine rings is 1. The summed E-state index contributed by atoms with van der Waals surface area (Å²) in [5.74, 6) is 1.03. The molecule has 0 fully saturated rings. The van der Waals surface area contributed by atoms with Crippen molar-refractivity contribution in [2.45, 2.75) is 13.1 Å². The monoisotopic (exact) mass is 225 g/mol. The smallest absolute Gasteiger partial charge is 0.128 e. The summed E-state index contributed by atoms with van der Waals surface area (Å²) in [6, 6.07) is 3.95. The maximum atomic E-state index is 9.08. The number of rotatable bonds is 1. The third kappa shape index (κ3) is 1.64. The molecule has 0 aliphatic carbocycles. The Kier molecular flexibility index (Phi) is 2.26. The molecule has 0 atom stereocenters. The molecule has 0 radical (unpaired) electrons. The average Bonchev–Trinajstić information content (AvgIpc) is 2.85. The second-order valence-electron chi connectivity index (χ2n) is 3.96. The Balaban J connectivity index is 1.95. The first kappa shape index (κ1) is 9.85. The third-order valence-corrected chi connectivity index (χ3v) is 3.01.